The van der Waals surface area contributed by atoms with Gasteiger partial charge in [-0.2, -0.15) is 0 Å². The monoisotopic (exact) mass is 363 g/mol. The quantitative estimate of drug-likeness (QED) is 0.817. The molecular formula is C13H6BrClF3NO. The number of nitrogens with one attached hydrogen (secondary N) is 1. The van der Waals surface area contributed by atoms with Gasteiger partial charge in [-0.3, -0.25) is 4.79 Å². The molecule has 0 radical (unpaired) electrons. The Morgan fingerprint density at radius 2 is 1.70 bits per heavy atom. The minimum atomic E-state index is -1.03. The number of carbonyl (C=O) groups is 1. The van der Waals surface area contributed by atoms with E-state index in [-0.39, 0.29) is 9.50 Å². The molecule has 104 valence electrons. The second-order valence-electron chi connectivity index (χ2n) is 3.80. The zero-order valence-electron chi connectivity index (χ0n) is 9.68. The molecule has 0 aliphatic rings. The summed E-state index contributed by atoms with van der Waals surface area (Å²) in [6, 6.07) is 5.58. The fraction of sp³-hybridized carbons (Fsp3) is 0. The van der Waals surface area contributed by atoms with Gasteiger partial charge in [0.05, 0.1) is 10.6 Å². The first kappa shape index (κ1) is 14.9. The molecule has 0 unspecified atom stereocenters. The summed E-state index contributed by atoms with van der Waals surface area (Å²) >= 11 is 8.61. The van der Waals surface area contributed by atoms with Crippen molar-refractivity contribution in [2.45, 2.75) is 0 Å². The molecule has 2 nitrogen and oxygen atoms in total. The number of anilines is 1. The Labute approximate surface area is 125 Å². The van der Waals surface area contributed by atoms with E-state index < -0.39 is 34.6 Å². The molecule has 0 heterocycles. The summed E-state index contributed by atoms with van der Waals surface area (Å²) in [6.45, 7) is 0. The standard InChI is InChI=1S/C13H6BrClF3NO/c14-6-4-9(17)12(10(18)5-6)19-13(20)11-7(15)2-1-3-8(11)16/h1-5H,(H,19,20). The Balaban J connectivity index is 2.38. The summed E-state index contributed by atoms with van der Waals surface area (Å²) in [4.78, 5) is 11.9. The van der Waals surface area contributed by atoms with Gasteiger partial charge in [0.2, 0.25) is 0 Å². The molecule has 20 heavy (non-hydrogen) atoms. The molecule has 0 aromatic heterocycles. The number of hydrogen-bond donors (Lipinski definition) is 1. The molecular weight excluding hydrogens is 358 g/mol. The summed E-state index contributed by atoms with van der Waals surface area (Å²) in [6.07, 6.45) is 0. The molecule has 0 fully saturated rings. The van der Waals surface area contributed by atoms with E-state index in [1.54, 1.807) is 0 Å². The van der Waals surface area contributed by atoms with Gasteiger partial charge >= 0.3 is 0 Å². The first-order valence-electron chi connectivity index (χ1n) is 5.30. The minimum absolute atomic E-state index is 0.152. The van der Waals surface area contributed by atoms with E-state index in [2.05, 4.69) is 15.9 Å². The van der Waals surface area contributed by atoms with Gasteiger partial charge in [0.15, 0.2) is 11.6 Å². The van der Waals surface area contributed by atoms with E-state index in [9.17, 15) is 18.0 Å². The fourth-order valence-corrected chi connectivity index (χ4v) is 2.20. The third-order valence-corrected chi connectivity index (χ3v) is 3.21. The Morgan fingerprint density at radius 1 is 1.10 bits per heavy atom. The summed E-state index contributed by atoms with van der Waals surface area (Å²) in [5.74, 6) is -3.89. The molecule has 7 heteroatoms. The predicted molar refractivity (Wildman–Crippen MR) is 73.4 cm³/mol. The summed E-state index contributed by atoms with van der Waals surface area (Å²) < 4.78 is 40.9. The molecule has 0 aliphatic carbocycles. The molecule has 2 aromatic carbocycles. The smallest absolute Gasteiger partial charge is 0.260 e. The maximum Gasteiger partial charge on any atom is 0.260 e. The highest BCUT2D eigenvalue weighted by atomic mass is 79.9. The third kappa shape index (κ3) is 2.96. The van der Waals surface area contributed by atoms with Crippen LogP contribution in [0.1, 0.15) is 10.4 Å². The largest absolute Gasteiger partial charge is 0.317 e. The van der Waals surface area contributed by atoms with Crippen molar-refractivity contribution in [3.05, 3.63) is 62.8 Å². The van der Waals surface area contributed by atoms with E-state index in [0.29, 0.717) is 0 Å². The molecule has 0 atom stereocenters. The van der Waals surface area contributed by atoms with Crippen molar-refractivity contribution in [1.29, 1.82) is 0 Å². The normalized spacial score (nSPS) is 10.4. The molecule has 0 saturated carbocycles. The van der Waals surface area contributed by atoms with Gasteiger partial charge in [-0.15, -0.1) is 0 Å². The van der Waals surface area contributed by atoms with Crippen molar-refractivity contribution in [3.63, 3.8) is 0 Å². The lowest BCUT2D eigenvalue weighted by atomic mass is 10.2. The van der Waals surface area contributed by atoms with Crippen LogP contribution in [0.2, 0.25) is 5.02 Å². The molecule has 0 aliphatic heterocycles. The zero-order chi connectivity index (χ0) is 14.9. The fourth-order valence-electron chi connectivity index (χ4n) is 1.55. The minimum Gasteiger partial charge on any atom is -0.317 e. The number of benzene rings is 2. The lowest BCUT2D eigenvalue weighted by Gasteiger charge is -2.09. The van der Waals surface area contributed by atoms with Crippen molar-refractivity contribution in [2.24, 2.45) is 0 Å². The Kier molecular flexibility index (Phi) is 4.35. The second kappa shape index (κ2) is 5.85. The van der Waals surface area contributed by atoms with E-state index in [4.69, 9.17) is 11.6 Å². The van der Waals surface area contributed by atoms with Gasteiger partial charge in [-0.1, -0.05) is 33.6 Å². The second-order valence-corrected chi connectivity index (χ2v) is 5.12. The van der Waals surface area contributed by atoms with Gasteiger partial charge < -0.3 is 5.32 Å². The number of rotatable bonds is 2. The molecule has 1 amide bonds. The Morgan fingerprint density at radius 3 is 2.25 bits per heavy atom. The highest BCUT2D eigenvalue weighted by molar-refractivity contribution is 9.10. The summed E-state index contributed by atoms with van der Waals surface area (Å²) in [5, 5.41) is 1.82. The first-order valence-corrected chi connectivity index (χ1v) is 6.47. The van der Waals surface area contributed by atoms with Gasteiger partial charge in [0.25, 0.3) is 5.91 Å². The average molecular weight is 365 g/mol. The molecule has 2 rings (SSSR count). The van der Waals surface area contributed by atoms with Gasteiger partial charge in [-0.05, 0) is 24.3 Å². The number of hydrogen-bond acceptors (Lipinski definition) is 1. The zero-order valence-corrected chi connectivity index (χ0v) is 12.0. The van der Waals surface area contributed by atoms with Crippen LogP contribution in [-0.2, 0) is 0 Å². The van der Waals surface area contributed by atoms with Crippen molar-refractivity contribution in [1.82, 2.24) is 0 Å². The van der Waals surface area contributed by atoms with Crippen molar-refractivity contribution < 1.29 is 18.0 Å². The topological polar surface area (TPSA) is 29.1 Å². The van der Waals surface area contributed by atoms with Crippen LogP contribution >= 0.6 is 27.5 Å². The Hall–Kier alpha value is -1.53. The van der Waals surface area contributed by atoms with Gasteiger partial charge in [-0.25, -0.2) is 13.2 Å². The first-order chi connectivity index (χ1) is 9.40. The van der Waals surface area contributed by atoms with Crippen LogP contribution in [-0.4, -0.2) is 5.91 Å². The lowest BCUT2D eigenvalue weighted by molar-refractivity contribution is 0.102. The number of halogens is 5. The van der Waals surface area contributed by atoms with Crippen LogP contribution in [0.4, 0.5) is 18.9 Å². The van der Waals surface area contributed by atoms with Crippen LogP contribution in [0.15, 0.2) is 34.8 Å². The Bertz CT molecular complexity index is 650. The molecule has 0 saturated heterocycles. The maximum absolute atomic E-state index is 13.6. The van der Waals surface area contributed by atoms with Gasteiger partial charge in [0, 0.05) is 4.47 Å². The van der Waals surface area contributed by atoms with Gasteiger partial charge in [0.1, 0.15) is 11.5 Å². The van der Waals surface area contributed by atoms with E-state index >= 15 is 0 Å². The van der Waals surface area contributed by atoms with Crippen molar-refractivity contribution >= 4 is 39.1 Å². The molecule has 0 bridgehead atoms. The number of carbonyl (C=O) groups excluding carboxylic acids is 1. The maximum atomic E-state index is 13.6. The summed E-state index contributed by atoms with van der Waals surface area (Å²) in [5.41, 5.74) is -1.14. The van der Waals surface area contributed by atoms with Crippen LogP contribution in [0, 0.1) is 17.5 Å². The predicted octanol–water partition coefficient (Wildman–Crippen LogP) is 4.77. The van der Waals surface area contributed by atoms with Crippen LogP contribution in [0.5, 0.6) is 0 Å². The molecule has 2 aromatic rings. The summed E-state index contributed by atoms with van der Waals surface area (Å²) in [7, 11) is 0. The van der Waals surface area contributed by atoms with Crippen molar-refractivity contribution in [2.75, 3.05) is 5.32 Å². The third-order valence-electron chi connectivity index (χ3n) is 2.44. The highest BCUT2D eigenvalue weighted by Crippen LogP contribution is 2.26. The van der Waals surface area contributed by atoms with Crippen molar-refractivity contribution in [3.8, 4) is 0 Å². The number of amides is 1. The van der Waals surface area contributed by atoms with E-state index in [1.165, 1.54) is 12.1 Å². The SMILES string of the molecule is O=C(Nc1c(F)cc(Br)cc1F)c1c(F)cccc1Cl. The van der Waals surface area contributed by atoms with E-state index in [0.717, 1.165) is 18.2 Å². The van der Waals surface area contributed by atoms with Crippen LogP contribution < -0.4 is 5.32 Å². The van der Waals surface area contributed by atoms with E-state index in [1.807, 2.05) is 5.32 Å². The van der Waals surface area contributed by atoms with Crippen LogP contribution in [0.25, 0.3) is 0 Å². The lowest BCUT2D eigenvalue weighted by Crippen LogP contribution is -2.16. The van der Waals surface area contributed by atoms with Crippen LogP contribution in [0.3, 0.4) is 0 Å². The average Bonchev–Trinajstić information content (AvgIpc) is 2.33. The molecule has 0 spiro atoms. The highest BCUT2D eigenvalue weighted by Gasteiger charge is 2.19. The molecule has 1 N–H and O–H groups in total.